The summed E-state index contributed by atoms with van der Waals surface area (Å²) in [6, 6.07) is 3.46. The monoisotopic (exact) mass is 220 g/mol. The van der Waals surface area contributed by atoms with E-state index in [2.05, 4.69) is 9.97 Å². The van der Waals surface area contributed by atoms with E-state index in [1.165, 1.54) is 0 Å². The zero-order valence-corrected chi connectivity index (χ0v) is 8.16. The number of hydrogen-bond donors (Lipinski definition) is 1. The second-order valence-electron chi connectivity index (χ2n) is 2.91. The fraction of sp³-hybridized carbons (Fsp3) is 0.100. The Hall–Kier alpha value is -2.37. The molecule has 0 atom stereocenters. The van der Waals surface area contributed by atoms with Gasteiger partial charge in [-0.2, -0.15) is 0 Å². The molecule has 0 aromatic carbocycles. The molecule has 2 heterocycles. The van der Waals surface area contributed by atoms with Crippen molar-refractivity contribution >= 4 is 5.97 Å². The third-order valence-electron chi connectivity index (χ3n) is 1.77. The van der Waals surface area contributed by atoms with Crippen LogP contribution in [0.4, 0.5) is 0 Å². The first-order chi connectivity index (χ1) is 7.75. The summed E-state index contributed by atoms with van der Waals surface area (Å²) in [5.41, 5.74) is -0.134. The molecule has 0 saturated heterocycles. The Morgan fingerprint density at radius 3 is 3.06 bits per heavy atom. The van der Waals surface area contributed by atoms with Crippen LogP contribution in [0.2, 0.25) is 0 Å². The van der Waals surface area contributed by atoms with Crippen molar-refractivity contribution in [3.8, 4) is 5.75 Å². The molecule has 0 amide bonds. The maximum Gasteiger partial charge on any atom is 0.357 e. The van der Waals surface area contributed by atoms with Crippen LogP contribution in [0.5, 0.6) is 5.75 Å². The normalized spacial score (nSPS) is 10.0. The van der Waals surface area contributed by atoms with E-state index in [0.29, 0.717) is 5.75 Å². The van der Waals surface area contributed by atoms with Gasteiger partial charge in [-0.1, -0.05) is 0 Å². The highest BCUT2D eigenvalue weighted by Crippen LogP contribution is 2.10. The van der Waals surface area contributed by atoms with Crippen LogP contribution in [0.15, 0.2) is 35.2 Å². The second kappa shape index (κ2) is 4.43. The van der Waals surface area contributed by atoms with Crippen molar-refractivity contribution in [1.29, 1.82) is 0 Å². The number of oxazole rings is 1. The van der Waals surface area contributed by atoms with Crippen molar-refractivity contribution in [2.24, 2.45) is 0 Å². The minimum Gasteiger partial charge on any atom is -0.482 e. The van der Waals surface area contributed by atoms with Crippen LogP contribution >= 0.6 is 0 Å². The average molecular weight is 220 g/mol. The van der Waals surface area contributed by atoms with Gasteiger partial charge in [0.2, 0.25) is 5.89 Å². The van der Waals surface area contributed by atoms with Crippen LogP contribution in [-0.2, 0) is 6.61 Å². The summed E-state index contributed by atoms with van der Waals surface area (Å²) in [5, 5.41) is 8.61. The standard InChI is InChI=1S/C10H8N2O4/c13-10(14)8-5-16-9(12-8)6-15-7-2-1-3-11-4-7/h1-5H,6H2,(H,13,14). The molecule has 16 heavy (non-hydrogen) atoms. The summed E-state index contributed by atoms with van der Waals surface area (Å²) in [6.07, 6.45) is 4.24. The topological polar surface area (TPSA) is 85.5 Å². The molecule has 0 spiro atoms. The number of pyridine rings is 1. The van der Waals surface area contributed by atoms with Gasteiger partial charge in [-0.05, 0) is 12.1 Å². The molecule has 0 bridgehead atoms. The van der Waals surface area contributed by atoms with Gasteiger partial charge in [-0.15, -0.1) is 0 Å². The van der Waals surface area contributed by atoms with Crippen molar-refractivity contribution in [2.75, 3.05) is 0 Å². The number of rotatable bonds is 4. The van der Waals surface area contributed by atoms with E-state index in [1.807, 2.05) is 0 Å². The van der Waals surface area contributed by atoms with E-state index in [-0.39, 0.29) is 18.2 Å². The number of ether oxygens (including phenoxy) is 1. The zero-order valence-electron chi connectivity index (χ0n) is 8.16. The zero-order chi connectivity index (χ0) is 11.4. The smallest absolute Gasteiger partial charge is 0.357 e. The van der Waals surface area contributed by atoms with Crippen molar-refractivity contribution in [2.45, 2.75) is 6.61 Å². The van der Waals surface area contributed by atoms with Crippen molar-refractivity contribution in [1.82, 2.24) is 9.97 Å². The summed E-state index contributed by atoms with van der Waals surface area (Å²) in [4.78, 5) is 18.1. The Morgan fingerprint density at radius 1 is 1.56 bits per heavy atom. The maximum atomic E-state index is 10.5. The highest BCUT2D eigenvalue weighted by atomic mass is 16.5. The highest BCUT2D eigenvalue weighted by molar-refractivity contribution is 5.84. The number of carbonyl (C=O) groups is 1. The van der Waals surface area contributed by atoms with Gasteiger partial charge in [0.25, 0.3) is 0 Å². The fourth-order valence-corrected chi connectivity index (χ4v) is 1.05. The Kier molecular flexibility index (Phi) is 2.81. The number of aromatic carboxylic acids is 1. The van der Waals surface area contributed by atoms with Gasteiger partial charge in [0.15, 0.2) is 12.3 Å². The predicted molar refractivity (Wildman–Crippen MR) is 52.0 cm³/mol. The lowest BCUT2D eigenvalue weighted by Crippen LogP contribution is -1.99. The van der Waals surface area contributed by atoms with E-state index in [4.69, 9.17) is 14.3 Å². The van der Waals surface area contributed by atoms with Crippen LogP contribution in [0.1, 0.15) is 16.4 Å². The van der Waals surface area contributed by atoms with E-state index in [9.17, 15) is 4.79 Å². The van der Waals surface area contributed by atoms with Gasteiger partial charge in [0.1, 0.15) is 12.0 Å². The molecule has 0 unspecified atom stereocenters. The van der Waals surface area contributed by atoms with Crippen molar-refractivity contribution in [3.05, 3.63) is 42.4 Å². The summed E-state index contributed by atoms with van der Waals surface area (Å²) in [7, 11) is 0. The van der Waals surface area contributed by atoms with Crippen LogP contribution in [0.3, 0.4) is 0 Å². The van der Waals surface area contributed by atoms with E-state index in [0.717, 1.165) is 6.26 Å². The van der Waals surface area contributed by atoms with Crippen LogP contribution in [0, 0.1) is 0 Å². The Labute approximate surface area is 90.5 Å². The summed E-state index contributed by atoms with van der Waals surface area (Å²) < 4.78 is 10.2. The van der Waals surface area contributed by atoms with Gasteiger partial charge < -0.3 is 14.3 Å². The first-order valence-corrected chi connectivity index (χ1v) is 4.46. The van der Waals surface area contributed by atoms with Crippen molar-refractivity contribution in [3.63, 3.8) is 0 Å². The van der Waals surface area contributed by atoms with E-state index < -0.39 is 5.97 Å². The molecule has 1 N–H and O–H groups in total. The van der Waals surface area contributed by atoms with Crippen LogP contribution in [-0.4, -0.2) is 21.0 Å². The van der Waals surface area contributed by atoms with Gasteiger partial charge >= 0.3 is 5.97 Å². The molecule has 0 fully saturated rings. The number of carboxylic acids is 1. The van der Waals surface area contributed by atoms with E-state index in [1.54, 1.807) is 24.5 Å². The molecular weight excluding hydrogens is 212 g/mol. The van der Waals surface area contributed by atoms with E-state index >= 15 is 0 Å². The molecule has 82 valence electrons. The SMILES string of the molecule is O=C(O)c1coc(COc2cccnc2)n1. The fourth-order valence-electron chi connectivity index (χ4n) is 1.05. The molecule has 6 nitrogen and oxygen atoms in total. The largest absolute Gasteiger partial charge is 0.482 e. The first-order valence-electron chi connectivity index (χ1n) is 4.46. The Balaban J connectivity index is 1.97. The number of aromatic nitrogens is 2. The molecule has 6 heteroatoms. The van der Waals surface area contributed by atoms with Crippen LogP contribution < -0.4 is 4.74 Å². The highest BCUT2D eigenvalue weighted by Gasteiger charge is 2.10. The molecule has 0 radical (unpaired) electrons. The summed E-state index contributed by atoms with van der Waals surface area (Å²) in [6.45, 7) is 0.0684. The second-order valence-corrected chi connectivity index (χ2v) is 2.91. The third kappa shape index (κ3) is 2.35. The maximum absolute atomic E-state index is 10.5. The molecule has 0 saturated carbocycles. The minimum absolute atomic E-state index is 0.0684. The quantitative estimate of drug-likeness (QED) is 0.836. The van der Waals surface area contributed by atoms with Gasteiger partial charge in [-0.3, -0.25) is 4.98 Å². The molecule has 0 aliphatic heterocycles. The Bertz CT molecular complexity index is 481. The number of nitrogens with zero attached hydrogens (tertiary/aromatic N) is 2. The molecule has 2 aromatic heterocycles. The molecule has 2 rings (SSSR count). The molecule has 0 aliphatic carbocycles. The third-order valence-corrected chi connectivity index (χ3v) is 1.77. The van der Waals surface area contributed by atoms with Gasteiger partial charge in [0, 0.05) is 6.20 Å². The predicted octanol–water partition coefficient (Wildman–Crippen LogP) is 1.35. The van der Waals surface area contributed by atoms with Gasteiger partial charge in [0.05, 0.1) is 6.20 Å². The summed E-state index contributed by atoms with van der Waals surface area (Å²) >= 11 is 0. The lowest BCUT2D eigenvalue weighted by molar-refractivity contribution is 0.0690. The summed E-state index contributed by atoms with van der Waals surface area (Å²) in [5.74, 6) is -0.352. The molecule has 0 aliphatic rings. The van der Waals surface area contributed by atoms with Crippen molar-refractivity contribution < 1.29 is 19.1 Å². The molecular formula is C10H8N2O4. The lowest BCUT2D eigenvalue weighted by atomic mass is 10.5. The number of hydrogen-bond acceptors (Lipinski definition) is 5. The average Bonchev–Trinajstić information content (AvgIpc) is 2.76. The number of carboxylic acid groups (broad SMARTS) is 1. The minimum atomic E-state index is -1.13. The lowest BCUT2D eigenvalue weighted by Gasteiger charge is -2.00. The first kappa shape index (κ1) is 10.2. The van der Waals surface area contributed by atoms with Crippen LogP contribution in [0.25, 0.3) is 0 Å². The van der Waals surface area contributed by atoms with Gasteiger partial charge in [-0.25, -0.2) is 9.78 Å². The Morgan fingerprint density at radius 2 is 2.44 bits per heavy atom. The molecule has 2 aromatic rings.